The monoisotopic (exact) mass is 293 g/mol. The van der Waals surface area contributed by atoms with Crippen LogP contribution in [-0.4, -0.2) is 10.0 Å². The number of phenols is 1. The number of hydrogen-bond donors (Lipinski definition) is 1. The molecule has 0 aliphatic heterocycles. The Morgan fingerprint density at radius 2 is 2.00 bits per heavy atom. The maximum Gasteiger partial charge on any atom is 0.311 e. The molecule has 104 valence electrons. The Morgan fingerprint density at radius 3 is 2.65 bits per heavy atom. The summed E-state index contributed by atoms with van der Waals surface area (Å²) in [5, 5.41) is 20.3. The molecular formula is C14H12ClNO4. The number of ether oxygens (including phenoxy) is 1. The van der Waals surface area contributed by atoms with Crippen LogP contribution >= 0.6 is 11.6 Å². The van der Waals surface area contributed by atoms with E-state index in [1.165, 1.54) is 12.1 Å². The lowest BCUT2D eigenvalue weighted by Gasteiger charge is -2.08. The zero-order valence-electron chi connectivity index (χ0n) is 10.5. The smallest absolute Gasteiger partial charge is 0.311 e. The number of nitro benzene ring substituents is 1. The summed E-state index contributed by atoms with van der Waals surface area (Å²) in [5.74, 6) is 0.499. The Labute approximate surface area is 120 Å². The highest BCUT2D eigenvalue weighted by molar-refractivity contribution is 6.17. The summed E-state index contributed by atoms with van der Waals surface area (Å²) < 4.78 is 5.44. The van der Waals surface area contributed by atoms with Gasteiger partial charge in [0.25, 0.3) is 0 Å². The Kier molecular flexibility index (Phi) is 4.42. The Balaban J connectivity index is 2.18. The van der Waals surface area contributed by atoms with Crippen LogP contribution < -0.4 is 4.74 Å². The normalized spacial score (nSPS) is 10.2. The molecule has 2 aromatic rings. The predicted molar refractivity (Wildman–Crippen MR) is 75.1 cm³/mol. The molecule has 0 amide bonds. The standard InChI is InChI=1S/C14H12ClNO4/c15-8-10-4-5-14(13(7-10)16(18)19)20-9-11-2-1-3-12(17)6-11/h1-7,17H,8-9H2. The zero-order chi connectivity index (χ0) is 14.5. The van der Waals surface area contributed by atoms with Gasteiger partial charge in [-0.15, -0.1) is 11.6 Å². The molecule has 2 aromatic carbocycles. The summed E-state index contributed by atoms with van der Waals surface area (Å²) in [5.41, 5.74) is 1.26. The van der Waals surface area contributed by atoms with Gasteiger partial charge in [-0.05, 0) is 29.3 Å². The molecule has 0 spiro atoms. The number of aromatic hydroxyl groups is 1. The summed E-state index contributed by atoms with van der Waals surface area (Å²) in [6.45, 7) is 0.134. The third-order valence-corrected chi connectivity index (χ3v) is 2.99. The Morgan fingerprint density at radius 1 is 1.20 bits per heavy atom. The number of halogens is 1. The molecule has 0 aliphatic carbocycles. The van der Waals surface area contributed by atoms with Crippen LogP contribution in [0.1, 0.15) is 11.1 Å². The van der Waals surface area contributed by atoms with Crippen molar-refractivity contribution in [2.24, 2.45) is 0 Å². The van der Waals surface area contributed by atoms with E-state index in [4.69, 9.17) is 16.3 Å². The maximum absolute atomic E-state index is 11.0. The van der Waals surface area contributed by atoms with Crippen molar-refractivity contribution in [2.45, 2.75) is 12.5 Å². The van der Waals surface area contributed by atoms with E-state index in [2.05, 4.69) is 0 Å². The molecular weight excluding hydrogens is 282 g/mol. The van der Waals surface area contributed by atoms with Gasteiger partial charge in [0.05, 0.1) is 4.92 Å². The van der Waals surface area contributed by atoms with Gasteiger partial charge in [0.2, 0.25) is 0 Å². The number of nitro groups is 1. The van der Waals surface area contributed by atoms with Crippen molar-refractivity contribution in [1.29, 1.82) is 0 Å². The van der Waals surface area contributed by atoms with Gasteiger partial charge in [-0.25, -0.2) is 0 Å². The van der Waals surface area contributed by atoms with E-state index in [-0.39, 0.29) is 29.7 Å². The molecule has 0 saturated carbocycles. The van der Waals surface area contributed by atoms with E-state index >= 15 is 0 Å². The first-order valence-electron chi connectivity index (χ1n) is 5.84. The minimum Gasteiger partial charge on any atom is -0.508 e. The van der Waals surface area contributed by atoms with Gasteiger partial charge >= 0.3 is 5.69 Å². The first-order valence-corrected chi connectivity index (χ1v) is 6.37. The molecule has 2 rings (SSSR count). The number of rotatable bonds is 5. The van der Waals surface area contributed by atoms with Gasteiger partial charge in [-0.1, -0.05) is 18.2 Å². The fourth-order valence-corrected chi connectivity index (χ4v) is 1.88. The molecule has 0 aliphatic rings. The van der Waals surface area contributed by atoms with Crippen LogP contribution in [0.3, 0.4) is 0 Å². The Bertz CT molecular complexity index is 630. The summed E-state index contributed by atoms with van der Waals surface area (Å²) >= 11 is 5.66. The fourth-order valence-electron chi connectivity index (χ4n) is 1.72. The second-order valence-electron chi connectivity index (χ2n) is 4.15. The molecule has 0 radical (unpaired) electrons. The van der Waals surface area contributed by atoms with Gasteiger partial charge in [0.15, 0.2) is 5.75 Å². The first-order chi connectivity index (χ1) is 9.60. The number of benzene rings is 2. The van der Waals surface area contributed by atoms with Crippen LogP contribution in [0.25, 0.3) is 0 Å². The molecule has 1 N–H and O–H groups in total. The summed E-state index contributed by atoms with van der Waals surface area (Å²) in [6, 6.07) is 11.1. The molecule has 0 unspecified atom stereocenters. The average molecular weight is 294 g/mol. The average Bonchev–Trinajstić information content (AvgIpc) is 2.45. The summed E-state index contributed by atoms with van der Waals surface area (Å²) in [4.78, 5) is 10.5. The van der Waals surface area contributed by atoms with Crippen molar-refractivity contribution in [1.82, 2.24) is 0 Å². The zero-order valence-corrected chi connectivity index (χ0v) is 11.2. The lowest BCUT2D eigenvalue weighted by atomic mass is 10.2. The molecule has 6 heteroatoms. The third-order valence-electron chi connectivity index (χ3n) is 2.68. The van der Waals surface area contributed by atoms with Crippen LogP contribution in [0.4, 0.5) is 5.69 Å². The second kappa shape index (κ2) is 6.25. The minimum atomic E-state index is -0.506. The lowest BCUT2D eigenvalue weighted by Crippen LogP contribution is -1.99. The third kappa shape index (κ3) is 3.39. The van der Waals surface area contributed by atoms with Crippen molar-refractivity contribution < 1.29 is 14.8 Å². The second-order valence-corrected chi connectivity index (χ2v) is 4.42. The van der Waals surface area contributed by atoms with Gasteiger partial charge in [0.1, 0.15) is 12.4 Å². The van der Waals surface area contributed by atoms with Crippen molar-refractivity contribution >= 4 is 17.3 Å². The molecule has 0 fully saturated rings. The molecule has 0 bridgehead atoms. The van der Waals surface area contributed by atoms with Crippen LogP contribution in [-0.2, 0) is 12.5 Å². The number of alkyl halides is 1. The molecule has 0 saturated heterocycles. The van der Waals surface area contributed by atoms with E-state index in [9.17, 15) is 15.2 Å². The molecule has 0 aromatic heterocycles. The largest absolute Gasteiger partial charge is 0.508 e. The van der Waals surface area contributed by atoms with E-state index in [0.29, 0.717) is 5.56 Å². The highest BCUT2D eigenvalue weighted by Crippen LogP contribution is 2.29. The van der Waals surface area contributed by atoms with E-state index in [1.807, 2.05) is 0 Å². The highest BCUT2D eigenvalue weighted by atomic mass is 35.5. The van der Waals surface area contributed by atoms with Gasteiger partial charge in [0, 0.05) is 11.9 Å². The van der Waals surface area contributed by atoms with E-state index < -0.39 is 4.92 Å². The topological polar surface area (TPSA) is 72.6 Å². The van der Waals surface area contributed by atoms with E-state index in [1.54, 1.807) is 30.3 Å². The molecule has 5 nitrogen and oxygen atoms in total. The number of hydrogen-bond acceptors (Lipinski definition) is 4. The molecule has 0 atom stereocenters. The van der Waals surface area contributed by atoms with Crippen LogP contribution in [0.5, 0.6) is 11.5 Å². The molecule has 20 heavy (non-hydrogen) atoms. The summed E-state index contributed by atoms with van der Waals surface area (Å²) in [6.07, 6.45) is 0. The SMILES string of the molecule is O=[N+]([O-])c1cc(CCl)ccc1OCc1cccc(O)c1. The maximum atomic E-state index is 11.0. The number of phenolic OH excluding ortho intramolecular Hbond substituents is 1. The van der Waals surface area contributed by atoms with Crippen molar-refractivity contribution in [2.75, 3.05) is 0 Å². The first kappa shape index (κ1) is 14.1. The summed E-state index contributed by atoms with van der Waals surface area (Å²) in [7, 11) is 0. The molecule has 0 heterocycles. The van der Waals surface area contributed by atoms with Crippen molar-refractivity contribution in [3.05, 3.63) is 63.7 Å². The lowest BCUT2D eigenvalue weighted by molar-refractivity contribution is -0.386. The van der Waals surface area contributed by atoms with Gasteiger partial charge in [-0.3, -0.25) is 10.1 Å². The van der Waals surface area contributed by atoms with E-state index in [0.717, 1.165) is 5.56 Å². The number of nitrogens with zero attached hydrogens (tertiary/aromatic N) is 1. The highest BCUT2D eigenvalue weighted by Gasteiger charge is 2.16. The predicted octanol–water partition coefficient (Wildman–Crippen LogP) is 3.62. The van der Waals surface area contributed by atoms with Crippen LogP contribution in [0.15, 0.2) is 42.5 Å². The van der Waals surface area contributed by atoms with Gasteiger partial charge < -0.3 is 9.84 Å². The van der Waals surface area contributed by atoms with Gasteiger partial charge in [-0.2, -0.15) is 0 Å². The minimum absolute atomic E-state index is 0.122. The van der Waals surface area contributed by atoms with Crippen LogP contribution in [0, 0.1) is 10.1 Å². The van der Waals surface area contributed by atoms with Crippen molar-refractivity contribution in [3.8, 4) is 11.5 Å². The van der Waals surface area contributed by atoms with Crippen molar-refractivity contribution in [3.63, 3.8) is 0 Å². The fraction of sp³-hybridized carbons (Fsp3) is 0.143. The quantitative estimate of drug-likeness (QED) is 0.519. The Hall–Kier alpha value is -2.27. The van der Waals surface area contributed by atoms with Crippen LogP contribution in [0.2, 0.25) is 0 Å².